The molecule has 1 aliphatic rings. The minimum Gasteiger partial charge on any atom is -0.339 e. The van der Waals surface area contributed by atoms with Crippen LogP contribution in [0.5, 0.6) is 0 Å². The first-order chi connectivity index (χ1) is 13.8. The van der Waals surface area contributed by atoms with Gasteiger partial charge in [0, 0.05) is 22.0 Å². The molecule has 1 fully saturated rings. The van der Waals surface area contributed by atoms with Crippen LogP contribution in [0.3, 0.4) is 0 Å². The predicted molar refractivity (Wildman–Crippen MR) is 120 cm³/mol. The first-order valence-corrected chi connectivity index (χ1v) is 11.4. The van der Waals surface area contributed by atoms with Gasteiger partial charge in [-0.25, -0.2) is 9.97 Å². The Labute approximate surface area is 172 Å². The Hall–Kier alpha value is -2.28. The Kier molecular flexibility index (Phi) is 5.08. The fraction of sp³-hybridized carbons (Fsp3) is 0.273. The van der Waals surface area contributed by atoms with Gasteiger partial charge in [-0.3, -0.25) is 4.90 Å². The lowest BCUT2D eigenvalue weighted by molar-refractivity contribution is 0.221. The highest BCUT2D eigenvalue weighted by atomic mass is 32.1. The van der Waals surface area contributed by atoms with Crippen molar-refractivity contribution in [1.29, 1.82) is 0 Å². The van der Waals surface area contributed by atoms with Crippen molar-refractivity contribution < 1.29 is 0 Å². The Morgan fingerprint density at radius 3 is 2.68 bits per heavy atom. The number of benzene rings is 1. The molecule has 0 spiro atoms. The van der Waals surface area contributed by atoms with E-state index in [0.717, 1.165) is 28.3 Å². The molecule has 28 heavy (non-hydrogen) atoms. The van der Waals surface area contributed by atoms with E-state index in [1.807, 2.05) is 29.5 Å². The van der Waals surface area contributed by atoms with E-state index in [4.69, 9.17) is 0 Å². The standard InChI is InChI=1S/C22H22N4S2/c1-3-7-17(8-4-1)25-22-21-18(23-15-24-22)12-20(28-21)19-11-16(14-27-19)13-26-9-5-2-6-10-26/h1,3-4,7-8,11-12,14-15H,2,5-6,9-10,13H2,(H,23,24,25). The van der Waals surface area contributed by atoms with Crippen LogP contribution in [0.2, 0.25) is 0 Å². The van der Waals surface area contributed by atoms with Crippen molar-refractivity contribution >= 4 is 44.4 Å². The lowest BCUT2D eigenvalue weighted by Gasteiger charge is -2.25. The van der Waals surface area contributed by atoms with Gasteiger partial charge in [0.1, 0.15) is 6.33 Å². The normalized spacial score (nSPS) is 15.1. The minimum atomic E-state index is 0.873. The summed E-state index contributed by atoms with van der Waals surface area (Å²) in [5, 5.41) is 5.74. The first-order valence-electron chi connectivity index (χ1n) is 9.72. The fourth-order valence-corrected chi connectivity index (χ4v) is 5.74. The summed E-state index contributed by atoms with van der Waals surface area (Å²) in [4.78, 5) is 14.1. The average molecular weight is 407 g/mol. The quantitative estimate of drug-likeness (QED) is 0.432. The lowest BCUT2D eigenvalue weighted by atomic mass is 10.1. The van der Waals surface area contributed by atoms with E-state index in [2.05, 4.69) is 49.8 Å². The molecule has 4 nitrogen and oxygen atoms in total. The van der Waals surface area contributed by atoms with E-state index < -0.39 is 0 Å². The van der Waals surface area contributed by atoms with E-state index in [0.29, 0.717) is 0 Å². The Bertz CT molecular complexity index is 1060. The van der Waals surface area contributed by atoms with Crippen molar-refractivity contribution in [3.05, 3.63) is 59.7 Å². The number of para-hydroxylation sites is 1. The third-order valence-electron chi connectivity index (χ3n) is 5.10. The summed E-state index contributed by atoms with van der Waals surface area (Å²) >= 11 is 3.60. The van der Waals surface area contributed by atoms with E-state index in [1.165, 1.54) is 47.7 Å². The van der Waals surface area contributed by atoms with Gasteiger partial charge < -0.3 is 5.32 Å². The number of hydrogen-bond acceptors (Lipinski definition) is 6. The number of rotatable bonds is 5. The molecule has 1 aliphatic heterocycles. The monoisotopic (exact) mass is 406 g/mol. The minimum absolute atomic E-state index is 0.873. The van der Waals surface area contributed by atoms with Gasteiger partial charge in [0.25, 0.3) is 0 Å². The van der Waals surface area contributed by atoms with E-state index in [-0.39, 0.29) is 0 Å². The maximum Gasteiger partial charge on any atom is 0.151 e. The second-order valence-corrected chi connectivity index (χ2v) is 9.16. The molecule has 3 aromatic heterocycles. The molecule has 0 amide bonds. The molecule has 0 atom stereocenters. The van der Waals surface area contributed by atoms with Crippen molar-refractivity contribution in [2.75, 3.05) is 18.4 Å². The van der Waals surface area contributed by atoms with Crippen molar-refractivity contribution in [1.82, 2.24) is 14.9 Å². The third kappa shape index (κ3) is 3.81. The first kappa shape index (κ1) is 17.8. The van der Waals surface area contributed by atoms with Gasteiger partial charge in [0.05, 0.1) is 10.2 Å². The van der Waals surface area contributed by atoms with Crippen molar-refractivity contribution in [2.24, 2.45) is 0 Å². The fourth-order valence-electron chi connectivity index (χ4n) is 3.69. The van der Waals surface area contributed by atoms with Crippen LogP contribution >= 0.6 is 22.7 Å². The molecule has 6 heteroatoms. The molecule has 0 saturated carbocycles. The smallest absolute Gasteiger partial charge is 0.151 e. The third-order valence-corrected chi connectivity index (χ3v) is 7.40. The Balaban J connectivity index is 1.40. The molecule has 0 bridgehead atoms. The second-order valence-electron chi connectivity index (χ2n) is 7.19. The number of piperidine rings is 1. The van der Waals surface area contributed by atoms with Crippen LogP contribution < -0.4 is 5.32 Å². The topological polar surface area (TPSA) is 41.1 Å². The number of hydrogen-bond donors (Lipinski definition) is 1. The number of anilines is 2. The molecule has 5 rings (SSSR count). The van der Waals surface area contributed by atoms with Gasteiger partial charge in [0.15, 0.2) is 5.82 Å². The highest BCUT2D eigenvalue weighted by Gasteiger charge is 2.14. The molecule has 0 unspecified atom stereocenters. The van der Waals surface area contributed by atoms with Crippen molar-refractivity contribution in [3.8, 4) is 9.75 Å². The molecule has 142 valence electrons. The Morgan fingerprint density at radius 2 is 1.82 bits per heavy atom. The molecule has 1 N–H and O–H groups in total. The molecule has 0 radical (unpaired) electrons. The van der Waals surface area contributed by atoms with Gasteiger partial charge in [-0.1, -0.05) is 24.6 Å². The van der Waals surface area contributed by atoms with Crippen LogP contribution in [0.1, 0.15) is 24.8 Å². The summed E-state index contributed by atoms with van der Waals surface area (Å²) in [7, 11) is 0. The van der Waals surface area contributed by atoms with Crippen LogP contribution in [-0.2, 0) is 6.54 Å². The largest absolute Gasteiger partial charge is 0.339 e. The zero-order chi connectivity index (χ0) is 18.8. The molecule has 1 aromatic carbocycles. The molecule has 1 saturated heterocycles. The average Bonchev–Trinajstić information content (AvgIpc) is 3.37. The zero-order valence-electron chi connectivity index (χ0n) is 15.6. The summed E-state index contributed by atoms with van der Waals surface area (Å²) in [6.07, 6.45) is 5.69. The number of nitrogens with one attached hydrogen (secondary N) is 1. The van der Waals surface area contributed by atoms with Crippen molar-refractivity contribution in [3.63, 3.8) is 0 Å². The van der Waals surface area contributed by atoms with E-state index in [1.54, 1.807) is 17.7 Å². The van der Waals surface area contributed by atoms with E-state index in [9.17, 15) is 0 Å². The van der Waals surface area contributed by atoms with Gasteiger partial charge in [-0.05, 0) is 61.1 Å². The number of fused-ring (bicyclic) bond motifs is 1. The van der Waals surface area contributed by atoms with Crippen molar-refractivity contribution in [2.45, 2.75) is 25.8 Å². The SMILES string of the molecule is c1ccc(Nc2ncnc3cc(-c4cc(CN5CCCCC5)cs4)sc23)cc1. The number of thiophene rings is 2. The van der Waals surface area contributed by atoms with Gasteiger partial charge >= 0.3 is 0 Å². The van der Waals surface area contributed by atoms with Crippen LogP contribution in [0.15, 0.2) is 54.2 Å². The zero-order valence-corrected chi connectivity index (χ0v) is 17.2. The summed E-state index contributed by atoms with van der Waals surface area (Å²) in [6, 6.07) is 14.7. The summed E-state index contributed by atoms with van der Waals surface area (Å²) in [5.74, 6) is 0.873. The summed E-state index contributed by atoms with van der Waals surface area (Å²) in [6.45, 7) is 3.54. The maximum atomic E-state index is 4.49. The lowest BCUT2D eigenvalue weighted by Crippen LogP contribution is -2.28. The number of likely N-dealkylation sites (tertiary alicyclic amines) is 1. The second kappa shape index (κ2) is 7.99. The molecular weight excluding hydrogens is 384 g/mol. The highest BCUT2D eigenvalue weighted by Crippen LogP contribution is 2.39. The maximum absolute atomic E-state index is 4.49. The summed E-state index contributed by atoms with van der Waals surface area (Å²) < 4.78 is 1.10. The van der Waals surface area contributed by atoms with Gasteiger partial charge in [0.2, 0.25) is 0 Å². The summed E-state index contributed by atoms with van der Waals surface area (Å²) in [5.41, 5.74) is 3.46. The molecular formula is C22H22N4S2. The van der Waals surface area contributed by atoms with Gasteiger partial charge in [-0.15, -0.1) is 22.7 Å². The van der Waals surface area contributed by atoms with Crippen LogP contribution in [0, 0.1) is 0 Å². The Morgan fingerprint density at radius 1 is 0.964 bits per heavy atom. The number of nitrogens with zero attached hydrogens (tertiary/aromatic N) is 3. The predicted octanol–water partition coefficient (Wildman–Crippen LogP) is 6.15. The van der Waals surface area contributed by atoms with Crippen LogP contribution in [0.25, 0.3) is 20.0 Å². The highest BCUT2D eigenvalue weighted by molar-refractivity contribution is 7.26. The van der Waals surface area contributed by atoms with Gasteiger partial charge in [-0.2, -0.15) is 0 Å². The molecule has 0 aliphatic carbocycles. The van der Waals surface area contributed by atoms with E-state index >= 15 is 0 Å². The number of aromatic nitrogens is 2. The molecule has 4 aromatic rings. The van der Waals surface area contributed by atoms with Crippen LogP contribution in [-0.4, -0.2) is 28.0 Å². The van der Waals surface area contributed by atoms with Crippen LogP contribution in [0.4, 0.5) is 11.5 Å². The molecule has 4 heterocycles.